The van der Waals surface area contributed by atoms with E-state index in [1.807, 2.05) is 0 Å². The molecule has 1 saturated heterocycles. The predicted molar refractivity (Wildman–Crippen MR) is 52.9 cm³/mol. The van der Waals surface area contributed by atoms with Crippen molar-refractivity contribution in [1.29, 1.82) is 5.41 Å². The Kier molecular flexibility index (Phi) is 4.60. The smallest absolute Gasteiger partial charge is 0.188 e. The second-order valence-corrected chi connectivity index (χ2v) is 3.40. The molecule has 1 aliphatic rings. The minimum Gasteiger partial charge on any atom is -0.381 e. The Labute approximate surface area is 79.6 Å². The SMILES string of the molecule is CNC(=N)NCCC1CCOCC1. The van der Waals surface area contributed by atoms with Crippen molar-refractivity contribution < 1.29 is 4.74 Å². The lowest BCUT2D eigenvalue weighted by molar-refractivity contribution is 0.0643. The van der Waals surface area contributed by atoms with Crippen LogP contribution in [-0.2, 0) is 4.74 Å². The number of hydrogen-bond acceptors (Lipinski definition) is 2. The summed E-state index contributed by atoms with van der Waals surface area (Å²) in [5.74, 6) is 1.19. The molecule has 0 unspecified atom stereocenters. The van der Waals surface area contributed by atoms with Gasteiger partial charge in [0.25, 0.3) is 0 Å². The van der Waals surface area contributed by atoms with Gasteiger partial charge in [-0.2, -0.15) is 0 Å². The van der Waals surface area contributed by atoms with Crippen LogP contribution < -0.4 is 10.6 Å². The fraction of sp³-hybridized carbons (Fsp3) is 0.889. The number of nitrogens with one attached hydrogen (secondary N) is 3. The summed E-state index contributed by atoms with van der Waals surface area (Å²) >= 11 is 0. The molecule has 13 heavy (non-hydrogen) atoms. The van der Waals surface area contributed by atoms with Crippen molar-refractivity contribution in [3.05, 3.63) is 0 Å². The zero-order chi connectivity index (χ0) is 9.52. The van der Waals surface area contributed by atoms with E-state index in [1.165, 1.54) is 12.8 Å². The zero-order valence-corrected chi connectivity index (χ0v) is 8.23. The van der Waals surface area contributed by atoms with E-state index in [4.69, 9.17) is 10.1 Å². The Bertz CT molecular complexity index is 155. The molecule has 1 heterocycles. The van der Waals surface area contributed by atoms with Crippen LogP contribution >= 0.6 is 0 Å². The van der Waals surface area contributed by atoms with Crippen molar-refractivity contribution >= 4 is 5.96 Å². The molecule has 0 aromatic heterocycles. The maximum absolute atomic E-state index is 7.31. The number of hydrogen-bond donors (Lipinski definition) is 3. The van der Waals surface area contributed by atoms with Gasteiger partial charge >= 0.3 is 0 Å². The highest BCUT2D eigenvalue weighted by Gasteiger charge is 2.12. The molecule has 0 aromatic carbocycles. The molecule has 3 N–H and O–H groups in total. The van der Waals surface area contributed by atoms with Gasteiger partial charge in [-0.3, -0.25) is 5.41 Å². The largest absolute Gasteiger partial charge is 0.381 e. The number of ether oxygens (including phenoxy) is 1. The number of rotatable bonds is 3. The fourth-order valence-electron chi connectivity index (χ4n) is 1.52. The second-order valence-electron chi connectivity index (χ2n) is 3.40. The molecule has 0 saturated carbocycles. The lowest BCUT2D eigenvalue weighted by Gasteiger charge is -2.22. The van der Waals surface area contributed by atoms with Gasteiger partial charge < -0.3 is 15.4 Å². The Morgan fingerprint density at radius 1 is 1.46 bits per heavy atom. The van der Waals surface area contributed by atoms with Crippen LogP contribution in [0.25, 0.3) is 0 Å². The van der Waals surface area contributed by atoms with E-state index in [0.29, 0.717) is 5.96 Å². The lowest BCUT2D eigenvalue weighted by Crippen LogP contribution is -2.35. The van der Waals surface area contributed by atoms with Crippen LogP contribution in [0.4, 0.5) is 0 Å². The minimum atomic E-state index is 0.409. The van der Waals surface area contributed by atoms with Crippen molar-refractivity contribution in [2.75, 3.05) is 26.8 Å². The third kappa shape index (κ3) is 4.12. The Morgan fingerprint density at radius 2 is 2.15 bits per heavy atom. The van der Waals surface area contributed by atoms with Crippen molar-refractivity contribution in [3.63, 3.8) is 0 Å². The van der Waals surface area contributed by atoms with Gasteiger partial charge in [0.2, 0.25) is 0 Å². The molecule has 0 spiro atoms. The average Bonchev–Trinajstić information content (AvgIpc) is 2.19. The summed E-state index contributed by atoms with van der Waals surface area (Å²) < 4.78 is 5.27. The first-order valence-electron chi connectivity index (χ1n) is 4.91. The van der Waals surface area contributed by atoms with E-state index in [-0.39, 0.29) is 0 Å². The molecule has 0 bridgehead atoms. The zero-order valence-electron chi connectivity index (χ0n) is 8.23. The number of guanidine groups is 1. The maximum atomic E-state index is 7.31. The summed E-state index contributed by atoms with van der Waals surface area (Å²) in [6, 6.07) is 0. The highest BCUT2D eigenvalue weighted by molar-refractivity contribution is 5.75. The first kappa shape index (κ1) is 10.3. The normalized spacial score (nSPS) is 18.2. The summed E-state index contributed by atoms with van der Waals surface area (Å²) in [6.45, 7) is 2.71. The van der Waals surface area contributed by atoms with Gasteiger partial charge in [-0.15, -0.1) is 0 Å². The van der Waals surface area contributed by atoms with E-state index in [0.717, 1.165) is 32.1 Å². The van der Waals surface area contributed by atoms with Crippen LogP contribution in [0, 0.1) is 11.3 Å². The second kappa shape index (κ2) is 5.80. The van der Waals surface area contributed by atoms with E-state index in [9.17, 15) is 0 Å². The molecule has 1 fully saturated rings. The van der Waals surface area contributed by atoms with Gasteiger partial charge in [0.05, 0.1) is 0 Å². The van der Waals surface area contributed by atoms with Crippen LogP contribution in [0.5, 0.6) is 0 Å². The van der Waals surface area contributed by atoms with E-state index < -0.39 is 0 Å². The lowest BCUT2D eigenvalue weighted by atomic mass is 9.97. The fourth-order valence-corrected chi connectivity index (χ4v) is 1.52. The molecule has 4 heteroatoms. The first-order valence-corrected chi connectivity index (χ1v) is 4.91. The van der Waals surface area contributed by atoms with Crippen LogP contribution in [0.15, 0.2) is 0 Å². The van der Waals surface area contributed by atoms with Gasteiger partial charge in [0.15, 0.2) is 5.96 Å². The molecule has 1 aliphatic heterocycles. The summed E-state index contributed by atoms with van der Waals surface area (Å²) in [5, 5.41) is 13.1. The standard InChI is InChI=1S/C9H19N3O/c1-11-9(10)12-5-2-8-3-6-13-7-4-8/h8H,2-7H2,1H3,(H3,10,11,12). The van der Waals surface area contributed by atoms with Crippen LogP contribution in [0.3, 0.4) is 0 Å². The van der Waals surface area contributed by atoms with E-state index in [1.54, 1.807) is 7.05 Å². The first-order chi connectivity index (χ1) is 6.33. The maximum Gasteiger partial charge on any atom is 0.188 e. The van der Waals surface area contributed by atoms with E-state index >= 15 is 0 Å². The predicted octanol–water partition coefficient (Wildman–Crippen LogP) is 0.547. The Balaban J connectivity index is 2.01. The van der Waals surface area contributed by atoms with Crippen molar-refractivity contribution in [2.24, 2.45) is 5.92 Å². The average molecular weight is 185 g/mol. The highest BCUT2D eigenvalue weighted by atomic mass is 16.5. The molecule has 1 rings (SSSR count). The monoisotopic (exact) mass is 185 g/mol. The van der Waals surface area contributed by atoms with Crippen molar-refractivity contribution in [1.82, 2.24) is 10.6 Å². The van der Waals surface area contributed by atoms with Crippen LogP contribution in [0.2, 0.25) is 0 Å². The van der Waals surface area contributed by atoms with Crippen LogP contribution in [-0.4, -0.2) is 32.8 Å². The van der Waals surface area contributed by atoms with Crippen LogP contribution in [0.1, 0.15) is 19.3 Å². The van der Waals surface area contributed by atoms with Crippen molar-refractivity contribution in [2.45, 2.75) is 19.3 Å². The third-order valence-corrected chi connectivity index (χ3v) is 2.45. The summed E-state index contributed by atoms with van der Waals surface area (Å²) in [4.78, 5) is 0. The third-order valence-electron chi connectivity index (χ3n) is 2.45. The summed E-state index contributed by atoms with van der Waals surface area (Å²) in [5.41, 5.74) is 0. The van der Waals surface area contributed by atoms with Gasteiger partial charge in [-0.25, -0.2) is 0 Å². The quantitative estimate of drug-likeness (QED) is 0.444. The molecule has 4 nitrogen and oxygen atoms in total. The van der Waals surface area contributed by atoms with Gasteiger partial charge in [0.1, 0.15) is 0 Å². The molecular formula is C9H19N3O. The Hall–Kier alpha value is -0.770. The molecular weight excluding hydrogens is 166 g/mol. The molecule has 76 valence electrons. The topological polar surface area (TPSA) is 57.1 Å². The molecule has 0 amide bonds. The van der Waals surface area contributed by atoms with Gasteiger partial charge in [0, 0.05) is 26.8 Å². The Morgan fingerprint density at radius 3 is 2.77 bits per heavy atom. The molecule has 0 radical (unpaired) electrons. The van der Waals surface area contributed by atoms with Gasteiger partial charge in [-0.05, 0) is 25.2 Å². The highest BCUT2D eigenvalue weighted by Crippen LogP contribution is 2.17. The van der Waals surface area contributed by atoms with E-state index in [2.05, 4.69) is 10.6 Å². The minimum absolute atomic E-state index is 0.409. The summed E-state index contributed by atoms with van der Waals surface area (Å²) in [6.07, 6.45) is 3.50. The molecule has 0 aromatic rings. The van der Waals surface area contributed by atoms with Gasteiger partial charge in [-0.1, -0.05) is 0 Å². The summed E-state index contributed by atoms with van der Waals surface area (Å²) in [7, 11) is 1.75. The molecule has 0 atom stereocenters. The van der Waals surface area contributed by atoms with Crippen molar-refractivity contribution in [3.8, 4) is 0 Å². The molecule has 0 aliphatic carbocycles.